The minimum absolute atomic E-state index is 0.0657. The van der Waals surface area contributed by atoms with E-state index in [1.54, 1.807) is 6.07 Å². The van der Waals surface area contributed by atoms with Crippen LogP contribution in [0.2, 0.25) is 0 Å². The summed E-state index contributed by atoms with van der Waals surface area (Å²) in [7, 11) is 0. The second-order valence-corrected chi connectivity index (χ2v) is 6.90. The van der Waals surface area contributed by atoms with Gasteiger partial charge in [0.05, 0.1) is 0 Å². The van der Waals surface area contributed by atoms with Crippen LogP contribution < -0.4 is 0 Å². The van der Waals surface area contributed by atoms with Crippen LogP contribution in [-0.4, -0.2) is 53.4 Å². The smallest absolute Gasteiger partial charge is 0.272 e. The van der Waals surface area contributed by atoms with E-state index in [1.165, 1.54) is 32.5 Å². The quantitative estimate of drug-likeness (QED) is 0.785. The number of amides is 1. The minimum atomic E-state index is 0.0657. The summed E-state index contributed by atoms with van der Waals surface area (Å²) < 4.78 is 0.720. The fourth-order valence-corrected chi connectivity index (χ4v) is 3.68. The van der Waals surface area contributed by atoms with Crippen LogP contribution in [0.1, 0.15) is 36.2 Å². The third-order valence-electron chi connectivity index (χ3n) is 4.55. The maximum atomic E-state index is 12.4. The first-order chi connectivity index (χ1) is 10.2. The zero-order valence-electron chi connectivity index (χ0n) is 12.3. The molecule has 1 aromatic heterocycles. The lowest BCUT2D eigenvalue weighted by molar-refractivity contribution is 0.0667. The number of nitrogens with zero attached hydrogens (tertiary/aromatic N) is 3. The predicted molar refractivity (Wildman–Crippen MR) is 86.2 cm³/mol. The van der Waals surface area contributed by atoms with Gasteiger partial charge in [-0.25, -0.2) is 4.98 Å². The van der Waals surface area contributed by atoms with Gasteiger partial charge in [0.15, 0.2) is 0 Å². The standard InChI is InChI=1S/C16H22BrN3O/c17-15-5-3-4-14(18-15)16(21)20-10-6-13(7-11-20)12-19-8-1-2-9-19/h3-5,13H,1-2,6-12H2. The highest BCUT2D eigenvalue weighted by molar-refractivity contribution is 9.10. The molecule has 3 heterocycles. The molecule has 2 fully saturated rings. The van der Waals surface area contributed by atoms with Gasteiger partial charge in [-0.1, -0.05) is 6.07 Å². The number of aromatic nitrogens is 1. The van der Waals surface area contributed by atoms with Gasteiger partial charge in [0.1, 0.15) is 10.3 Å². The lowest BCUT2D eigenvalue weighted by Crippen LogP contribution is -2.41. The van der Waals surface area contributed by atoms with Gasteiger partial charge < -0.3 is 9.80 Å². The SMILES string of the molecule is O=C(c1cccc(Br)n1)N1CCC(CN2CCCC2)CC1. The van der Waals surface area contributed by atoms with Crippen LogP contribution >= 0.6 is 15.9 Å². The molecule has 0 aromatic carbocycles. The highest BCUT2D eigenvalue weighted by Crippen LogP contribution is 2.22. The summed E-state index contributed by atoms with van der Waals surface area (Å²) in [5.74, 6) is 0.818. The Labute approximate surface area is 134 Å². The van der Waals surface area contributed by atoms with Gasteiger partial charge in [-0.05, 0) is 72.8 Å². The average Bonchev–Trinajstić information content (AvgIpc) is 3.00. The van der Waals surface area contributed by atoms with Gasteiger partial charge in [-0.15, -0.1) is 0 Å². The van der Waals surface area contributed by atoms with Crippen LogP contribution in [0.25, 0.3) is 0 Å². The fraction of sp³-hybridized carbons (Fsp3) is 0.625. The van der Waals surface area contributed by atoms with Crippen molar-refractivity contribution >= 4 is 21.8 Å². The van der Waals surface area contributed by atoms with Gasteiger partial charge in [-0.3, -0.25) is 4.79 Å². The summed E-state index contributed by atoms with van der Waals surface area (Å²) in [5, 5.41) is 0. The predicted octanol–water partition coefficient (Wildman–Crippen LogP) is 2.79. The molecule has 0 N–H and O–H groups in total. The summed E-state index contributed by atoms with van der Waals surface area (Å²) in [6.45, 7) is 5.48. The fourth-order valence-electron chi connectivity index (χ4n) is 3.34. The van der Waals surface area contributed by atoms with Crippen LogP contribution in [-0.2, 0) is 0 Å². The average molecular weight is 352 g/mol. The highest BCUT2D eigenvalue weighted by atomic mass is 79.9. The van der Waals surface area contributed by atoms with Crippen molar-refractivity contribution in [2.45, 2.75) is 25.7 Å². The number of piperidine rings is 1. The Morgan fingerprint density at radius 3 is 2.57 bits per heavy atom. The summed E-state index contributed by atoms with van der Waals surface area (Å²) in [6.07, 6.45) is 4.95. The van der Waals surface area contributed by atoms with Crippen molar-refractivity contribution in [3.63, 3.8) is 0 Å². The van der Waals surface area contributed by atoms with Crippen molar-refractivity contribution in [3.8, 4) is 0 Å². The van der Waals surface area contributed by atoms with E-state index in [2.05, 4.69) is 25.8 Å². The van der Waals surface area contributed by atoms with Gasteiger partial charge in [0.2, 0.25) is 0 Å². The summed E-state index contributed by atoms with van der Waals surface area (Å²) in [6, 6.07) is 5.51. The third kappa shape index (κ3) is 3.83. The minimum Gasteiger partial charge on any atom is -0.337 e. The van der Waals surface area contributed by atoms with Crippen LogP contribution in [0.15, 0.2) is 22.8 Å². The number of hydrogen-bond acceptors (Lipinski definition) is 3. The lowest BCUT2D eigenvalue weighted by atomic mass is 9.96. The van der Waals surface area contributed by atoms with Crippen LogP contribution in [0.3, 0.4) is 0 Å². The number of carbonyl (C=O) groups is 1. The second kappa shape index (κ2) is 6.88. The molecule has 4 nitrogen and oxygen atoms in total. The molecule has 0 unspecified atom stereocenters. The zero-order valence-corrected chi connectivity index (χ0v) is 13.9. The van der Waals surface area contributed by atoms with E-state index in [0.29, 0.717) is 5.69 Å². The Hall–Kier alpha value is -0.940. The Morgan fingerprint density at radius 1 is 1.19 bits per heavy atom. The maximum absolute atomic E-state index is 12.4. The molecule has 1 amide bonds. The molecule has 21 heavy (non-hydrogen) atoms. The molecule has 0 atom stereocenters. The molecule has 1 aromatic rings. The van der Waals surface area contributed by atoms with Crippen molar-refractivity contribution in [2.24, 2.45) is 5.92 Å². The highest BCUT2D eigenvalue weighted by Gasteiger charge is 2.26. The lowest BCUT2D eigenvalue weighted by Gasteiger charge is -2.33. The van der Waals surface area contributed by atoms with E-state index < -0.39 is 0 Å². The first-order valence-electron chi connectivity index (χ1n) is 7.86. The van der Waals surface area contributed by atoms with Crippen molar-refractivity contribution in [2.75, 3.05) is 32.7 Å². The van der Waals surface area contributed by atoms with Crippen molar-refractivity contribution in [1.82, 2.24) is 14.8 Å². The Balaban J connectivity index is 1.52. The van der Waals surface area contributed by atoms with Gasteiger partial charge in [-0.2, -0.15) is 0 Å². The molecular formula is C16H22BrN3O. The first-order valence-corrected chi connectivity index (χ1v) is 8.66. The Kier molecular flexibility index (Phi) is 4.91. The molecule has 2 aliphatic rings. The third-order valence-corrected chi connectivity index (χ3v) is 4.99. The molecule has 0 saturated carbocycles. The molecule has 3 rings (SSSR count). The van der Waals surface area contributed by atoms with Crippen molar-refractivity contribution < 1.29 is 4.79 Å². The van der Waals surface area contributed by atoms with Gasteiger partial charge in [0, 0.05) is 19.6 Å². The maximum Gasteiger partial charge on any atom is 0.272 e. The van der Waals surface area contributed by atoms with Gasteiger partial charge >= 0.3 is 0 Å². The van der Waals surface area contributed by atoms with E-state index in [1.807, 2.05) is 17.0 Å². The topological polar surface area (TPSA) is 36.4 Å². The number of hydrogen-bond donors (Lipinski definition) is 0. The number of likely N-dealkylation sites (tertiary alicyclic amines) is 2. The van der Waals surface area contributed by atoms with Crippen LogP contribution in [0.5, 0.6) is 0 Å². The molecule has 0 radical (unpaired) electrons. The van der Waals surface area contributed by atoms with Crippen molar-refractivity contribution in [1.29, 1.82) is 0 Å². The van der Waals surface area contributed by atoms with Crippen LogP contribution in [0.4, 0.5) is 0 Å². The molecule has 0 spiro atoms. The first kappa shape index (κ1) is 15.0. The Morgan fingerprint density at radius 2 is 1.90 bits per heavy atom. The van der Waals surface area contributed by atoms with E-state index in [0.717, 1.165) is 36.5 Å². The summed E-state index contributed by atoms with van der Waals surface area (Å²) in [4.78, 5) is 21.2. The Bertz CT molecular complexity index is 494. The number of carbonyl (C=O) groups excluding carboxylic acids is 1. The van der Waals surface area contributed by atoms with E-state index >= 15 is 0 Å². The normalized spacial score (nSPS) is 20.9. The zero-order chi connectivity index (χ0) is 14.7. The number of halogens is 1. The molecule has 2 aliphatic heterocycles. The van der Waals surface area contributed by atoms with E-state index in [9.17, 15) is 4.79 Å². The molecule has 0 aliphatic carbocycles. The van der Waals surface area contributed by atoms with Crippen molar-refractivity contribution in [3.05, 3.63) is 28.5 Å². The number of pyridine rings is 1. The molecule has 2 saturated heterocycles. The van der Waals surface area contributed by atoms with E-state index in [-0.39, 0.29) is 5.91 Å². The van der Waals surface area contributed by atoms with Gasteiger partial charge in [0.25, 0.3) is 5.91 Å². The van der Waals surface area contributed by atoms with Crippen LogP contribution in [0, 0.1) is 5.92 Å². The summed E-state index contributed by atoms with van der Waals surface area (Å²) >= 11 is 3.33. The largest absolute Gasteiger partial charge is 0.337 e. The molecule has 5 heteroatoms. The monoisotopic (exact) mass is 351 g/mol. The summed E-state index contributed by atoms with van der Waals surface area (Å²) in [5.41, 5.74) is 0.544. The van der Waals surface area contributed by atoms with E-state index in [4.69, 9.17) is 0 Å². The molecule has 0 bridgehead atoms. The molecule has 114 valence electrons. The molecular weight excluding hydrogens is 330 g/mol. The number of rotatable bonds is 3. The second-order valence-electron chi connectivity index (χ2n) is 6.09.